The Morgan fingerprint density at radius 2 is 1.72 bits per heavy atom. The summed E-state index contributed by atoms with van der Waals surface area (Å²) in [5.41, 5.74) is 2.02. The molecule has 1 heterocycles. The molecule has 0 atom stereocenters. The number of ether oxygens (including phenoxy) is 1. The second-order valence-electron chi connectivity index (χ2n) is 7.55. The predicted octanol–water partition coefficient (Wildman–Crippen LogP) is 3.17. The molecule has 1 aliphatic heterocycles. The highest BCUT2D eigenvalue weighted by molar-refractivity contribution is 6.14. The summed E-state index contributed by atoms with van der Waals surface area (Å²) in [6, 6.07) is 14.8. The van der Waals surface area contributed by atoms with Gasteiger partial charge in [0.1, 0.15) is 5.41 Å². The van der Waals surface area contributed by atoms with Gasteiger partial charge < -0.3 is 15.0 Å². The predicted molar refractivity (Wildman–Crippen MR) is 108 cm³/mol. The quantitative estimate of drug-likeness (QED) is 0.626. The van der Waals surface area contributed by atoms with Gasteiger partial charge in [0.05, 0.1) is 17.9 Å². The highest BCUT2D eigenvalue weighted by Crippen LogP contribution is 2.49. The van der Waals surface area contributed by atoms with Crippen LogP contribution in [0.2, 0.25) is 0 Å². The van der Waals surface area contributed by atoms with E-state index in [0.29, 0.717) is 31.6 Å². The van der Waals surface area contributed by atoms with Gasteiger partial charge in [-0.3, -0.25) is 9.59 Å². The molecular formula is C23H24N2O4. The lowest BCUT2D eigenvalue weighted by atomic mass is 9.97. The first kappa shape index (κ1) is 19.2. The molecule has 6 heteroatoms. The highest BCUT2D eigenvalue weighted by atomic mass is 16.5. The average Bonchev–Trinajstić information content (AvgIpc) is 3.55. The van der Waals surface area contributed by atoms with Gasteiger partial charge >= 0.3 is 5.97 Å². The molecule has 0 bridgehead atoms. The van der Waals surface area contributed by atoms with Gasteiger partial charge in [-0.2, -0.15) is 0 Å². The molecule has 29 heavy (non-hydrogen) atoms. The lowest BCUT2D eigenvalue weighted by molar-refractivity contribution is -0.143. The number of nitrogens with zero attached hydrogens (tertiary/aromatic N) is 1. The molecule has 1 aliphatic carbocycles. The Balaban J connectivity index is 1.50. The fourth-order valence-corrected chi connectivity index (χ4v) is 3.86. The first-order valence-corrected chi connectivity index (χ1v) is 9.99. The molecular weight excluding hydrogens is 368 g/mol. The van der Waals surface area contributed by atoms with Gasteiger partial charge in [-0.25, -0.2) is 4.79 Å². The third-order valence-electron chi connectivity index (χ3n) is 5.68. The molecule has 2 aromatic rings. The summed E-state index contributed by atoms with van der Waals surface area (Å²) >= 11 is 0. The monoisotopic (exact) mass is 392 g/mol. The van der Waals surface area contributed by atoms with E-state index in [-0.39, 0.29) is 24.0 Å². The van der Waals surface area contributed by atoms with Crippen LogP contribution < -0.4 is 5.32 Å². The number of carbonyl (C=O) groups is 3. The van der Waals surface area contributed by atoms with E-state index in [4.69, 9.17) is 4.74 Å². The van der Waals surface area contributed by atoms with E-state index < -0.39 is 11.4 Å². The minimum atomic E-state index is -1.03. The molecule has 1 fully saturated rings. The number of nitrogens with one attached hydrogen (secondary N) is 1. The topological polar surface area (TPSA) is 75.7 Å². The number of hydrogen-bond donors (Lipinski definition) is 1. The molecule has 2 aromatic carbocycles. The molecule has 6 nitrogen and oxygen atoms in total. The first-order chi connectivity index (χ1) is 14.0. The largest absolute Gasteiger partial charge is 0.462 e. The Hall–Kier alpha value is -3.15. The maximum absolute atomic E-state index is 13.2. The Morgan fingerprint density at radius 1 is 1.03 bits per heavy atom. The Kier molecular flexibility index (Phi) is 5.09. The average molecular weight is 392 g/mol. The molecule has 1 N–H and O–H groups in total. The molecule has 0 unspecified atom stereocenters. The van der Waals surface area contributed by atoms with Gasteiger partial charge in [-0.05, 0) is 49.4 Å². The standard InChI is InChI=1S/C23H24N2O4/c1-2-29-20(26)18-9-5-6-10-19(18)24-21(27)23(12-13-23)22(28)25-14-11-16-7-3-4-8-17(16)15-25/h3-10H,2,11-15H2,1H3,(H,24,27). The molecule has 0 spiro atoms. The van der Waals surface area contributed by atoms with E-state index in [1.165, 1.54) is 5.56 Å². The van der Waals surface area contributed by atoms with E-state index in [1.54, 1.807) is 36.1 Å². The van der Waals surface area contributed by atoms with Gasteiger partial charge in [-0.15, -0.1) is 0 Å². The van der Waals surface area contributed by atoms with Crippen LogP contribution in [0.1, 0.15) is 41.3 Å². The van der Waals surface area contributed by atoms with E-state index >= 15 is 0 Å². The van der Waals surface area contributed by atoms with Crippen LogP contribution in [0, 0.1) is 5.41 Å². The zero-order valence-electron chi connectivity index (χ0n) is 16.4. The first-order valence-electron chi connectivity index (χ1n) is 9.99. The zero-order valence-corrected chi connectivity index (χ0v) is 16.4. The molecule has 0 radical (unpaired) electrons. The van der Waals surface area contributed by atoms with Gasteiger partial charge in [0.2, 0.25) is 11.8 Å². The van der Waals surface area contributed by atoms with Crippen LogP contribution in [0.3, 0.4) is 0 Å². The van der Waals surface area contributed by atoms with Crippen molar-refractivity contribution in [3.8, 4) is 0 Å². The number of esters is 1. The van der Waals surface area contributed by atoms with Crippen molar-refractivity contribution in [2.45, 2.75) is 32.7 Å². The van der Waals surface area contributed by atoms with E-state index in [0.717, 1.165) is 12.0 Å². The van der Waals surface area contributed by atoms with Crippen LogP contribution in [0.4, 0.5) is 5.69 Å². The van der Waals surface area contributed by atoms with E-state index in [9.17, 15) is 14.4 Å². The van der Waals surface area contributed by atoms with Crippen molar-refractivity contribution in [2.75, 3.05) is 18.5 Å². The number of hydrogen-bond acceptors (Lipinski definition) is 4. The van der Waals surface area contributed by atoms with Crippen LogP contribution in [-0.2, 0) is 27.3 Å². The lowest BCUT2D eigenvalue weighted by Crippen LogP contribution is -2.45. The van der Waals surface area contributed by atoms with Crippen LogP contribution in [0.5, 0.6) is 0 Å². The van der Waals surface area contributed by atoms with Crippen molar-refractivity contribution in [2.24, 2.45) is 5.41 Å². The minimum Gasteiger partial charge on any atom is -0.462 e. The zero-order chi connectivity index (χ0) is 20.4. The van der Waals surface area contributed by atoms with Crippen LogP contribution in [-0.4, -0.2) is 35.8 Å². The number of amides is 2. The number of rotatable bonds is 5. The molecule has 0 aromatic heterocycles. The number of para-hydroxylation sites is 1. The maximum Gasteiger partial charge on any atom is 0.340 e. The number of anilines is 1. The molecule has 1 saturated carbocycles. The van der Waals surface area contributed by atoms with Gasteiger partial charge in [0.15, 0.2) is 0 Å². The molecule has 150 valence electrons. The second kappa shape index (κ2) is 7.70. The van der Waals surface area contributed by atoms with Crippen molar-refractivity contribution in [1.82, 2.24) is 4.90 Å². The van der Waals surface area contributed by atoms with Gasteiger partial charge in [0, 0.05) is 13.1 Å². The second-order valence-corrected chi connectivity index (χ2v) is 7.55. The van der Waals surface area contributed by atoms with E-state index in [2.05, 4.69) is 11.4 Å². The van der Waals surface area contributed by atoms with Crippen molar-refractivity contribution in [3.63, 3.8) is 0 Å². The summed E-state index contributed by atoms with van der Waals surface area (Å²) in [6.45, 7) is 3.13. The third kappa shape index (κ3) is 3.62. The van der Waals surface area contributed by atoms with Crippen LogP contribution >= 0.6 is 0 Å². The smallest absolute Gasteiger partial charge is 0.340 e. The summed E-state index contributed by atoms with van der Waals surface area (Å²) in [5.74, 6) is -0.969. The van der Waals surface area contributed by atoms with E-state index in [1.807, 2.05) is 18.2 Å². The van der Waals surface area contributed by atoms with Crippen molar-refractivity contribution in [1.29, 1.82) is 0 Å². The highest BCUT2D eigenvalue weighted by Gasteiger charge is 2.58. The summed E-state index contributed by atoms with van der Waals surface area (Å²) in [5, 5.41) is 2.80. The SMILES string of the molecule is CCOC(=O)c1ccccc1NC(=O)C1(C(=O)N2CCc3ccccc3C2)CC1. The Morgan fingerprint density at radius 3 is 2.45 bits per heavy atom. The fourth-order valence-electron chi connectivity index (χ4n) is 3.86. The molecule has 4 rings (SSSR count). The van der Waals surface area contributed by atoms with Gasteiger partial charge in [-0.1, -0.05) is 36.4 Å². The normalized spacial score (nSPS) is 16.5. The molecule has 0 saturated heterocycles. The summed E-state index contributed by atoms with van der Waals surface area (Å²) in [6.07, 6.45) is 1.85. The van der Waals surface area contributed by atoms with Crippen molar-refractivity contribution >= 4 is 23.5 Å². The lowest BCUT2D eigenvalue weighted by Gasteiger charge is -2.31. The molecule has 2 amide bonds. The summed E-state index contributed by atoms with van der Waals surface area (Å²) < 4.78 is 5.06. The van der Waals surface area contributed by atoms with Crippen LogP contribution in [0.15, 0.2) is 48.5 Å². The van der Waals surface area contributed by atoms with Crippen LogP contribution in [0.25, 0.3) is 0 Å². The summed E-state index contributed by atoms with van der Waals surface area (Å²) in [7, 11) is 0. The fraction of sp³-hybridized carbons (Fsp3) is 0.348. The maximum atomic E-state index is 13.2. The minimum absolute atomic E-state index is 0.127. The van der Waals surface area contributed by atoms with Gasteiger partial charge in [0.25, 0.3) is 0 Å². The number of benzene rings is 2. The third-order valence-corrected chi connectivity index (χ3v) is 5.68. The number of carbonyl (C=O) groups excluding carboxylic acids is 3. The summed E-state index contributed by atoms with van der Waals surface area (Å²) in [4.78, 5) is 40.2. The molecule has 2 aliphatic rings. The Bertz CT molecular complexity index is 965. The van der Waals surface area contributed by atoms with Crippen molar-refractivity contribution < 1.29 is 19.1 Å². The Labute approximate surface area is 169 Å². The number of fused-ring (bicyclic) bond motifs is 1. The van der Waals surface area contributed by atoms with Crippen molar-refractivity contribution in [3.05, 3.63) is 65.2 Å².